The van der Waals surface area contributed by atoms with Crippen molar-refractivity contribution in [1.29, 1.82) is 0 Å². The van der Waals surface area contributed by atoms with E-state index < -0.39 is 0 Å². The maximum atomic E-state index is 12.1. The molecule has 0 aliphatic carbocycles. The summed E-state index contributed by atoms with van der Waals surface area (Å²) in [7, 11) is 5.01. The predicted molar refractivity (Wildman–Crippen MR) is 88.2 cm³/mol. The first-order valence-corrected chi connectivity index (χ1v) is 7.72. The van der Waals surface area contributed by atoms with Crippen molar-refractivity contribution >= 4 is 33.8 Å². The molecule has 1 rings (SSSR count). The monoisotopic (exact) mass is 312 g/mol. The minimum absolute atomic E-state index is 0.241. The van der Waals surface area contributed by atoms with Gasteiger partial charge in [0.25, 0.3) is 11.8 Å². The Balaban J connectivity index is 3.22. The first kappa shape index (κ1) is 17.3. The Hall–Kier alpha value is -1.76. The topological polar surface area (TPSA) is 87.5 Å². The molecule has 1 aromatic rings. The molecule has 1 aromatic heterocycles. The molecule has 0 aromatic carbocycles. The molecule has 0 atom stereocenters. The molecule has 0 bridgehead atoms. The lowest BCUT2D eigenvalue weighted by molar-refractivity contribution is 0.0963. The van der Waals surface area contributed by atoms with Gasteiger partial charge < -0.3 is 21.3 Å². The fraction of sp³-hybridized carbons (Fsp3) is 0.571. The van der Waals surface area contributed by atoms with Crippen molar-refractivity contribution in [2.75, 3.05) is 38.3 Å². The van der Waals surface area contributed by atoms with Gasteiger partial charge in [-0.25, -0.2) is 0 Å². The lowest BCUT2D eigenvalue weighted by atomic mass is 10.1. The molecule has 21 heavy (non-hydrogen) atoms. The summed E-state index contributed by atoms with van der Waals surface area (Å²) in [5.41, 5.74) is 6.64. The average molecular weight is 312 g/mol. The normalized spacial score (nSPS) is 10.6. The molecular formula is C14H24N4O2S. The maximum absolute atomic E-state index is 12.1. The van der Waals surface area contributed by atoms with Crippen molar-refractivity contribution in [1.82, 2.24) is 10.6 Å². The molecule has 0 aliphatic rings. The van der Waals surface area contributed by atoms with Crippen LogP contribution >= 0.6 is 11.3 Å². The third-order valence-corrected chi connectivity index (χ3v) is 4.52. The van der Waals surface area contributed by atoms with Gasteiger partial charge in [0.15, 0.2) is 0 Å². The SMILES string of the molecule is CNC(=O)c1sc(N(C)CCC(C)C)c(C(=O)NC)c1N. The van der Waals surface area contributed by atoms with E-state index in [0.29, 0.717) is 16.4 Å². The highest BCUT2D eigenvalue weighted by Crippen LogP contribution is 2.38. The van der Waals surface area contributed by atoms with Crippen LogP contribution in [0.2, 0.25) is 0 Å². The van der Waals surface area contributed by atoms with E-state index >= 15 is 0 Å². The predicted octanol–water partition coefficient (Wildman–Crippen LogP) is 1.53. The van der Waals surface area contributed by atoms with Crippen LogP contribution in [0.4, 0.5) is 10.7 Å². The Morgan fingerprint density at radius 2 is 1.81 bits per heavy atom. The molecule has 118 valence electrons. The zero-order valence-corrected chi connectivity index (χ0v) is 14.1. The number of rotatable bonds is 6. The number of carbonyl (C=O) groups excluding carboxylic acids is 2. The fourth-order valence-electron chi connectivity index (χ4n) is 1.88. The summed E-state index contributed by atoms with van der Waals surface area (Å²) in [6, 6.07) is 0. The standard InChI is InChI=1S/C14H24N4O2S/c1-8(2)6-7-18(5)14-9(12(19)16-3)10(15)11(21-14)13(20)17-4/h8H,6-7,15H2,1-5H3,(H,16,19)(H,17,20). The number of nitrogens with zero attached hydrogens (tertiary/aromatic N) is 1. The number of amides is 2. The molecule has 0 saturated carbocycles. The summed E-state index contributed by atoms with van der Waals surface area (Å²) in [6.45, 7) is 5.09. The van der Waals surface area contributed by atoms with E-state index in [-0.39, 0.29) is 17.5 Å². The second kappa shape index (κ2) is 7.31. The van der Waals surface area contributed by atoms with Gasteiger partial charge in [-0.05, 0) is 12.3 Å². The molecule has 7 heteroatoms. The van der Waals surface area contributed by atoms with Crippen LogP contribution in [0.5, 0.6) is 0 Å². The number of nitrogens with two attached hydrogens (primary N) is 1. The molecule has 1 heterocycles. The summed E-state index contributed by atoms with van der Waals surface area (Å²) in [6.07, 6.45) is 0.997. The Labute approximate surface area is 129 Å². The number of carbonyl (C=O) groups is 2. The number of hydrogen-bond acceptors (Lipinski definition) is 5. The Kier molecular flexibility index (Phi) is 6.02. The summed E-state index contributed by atoms with van der Waals surface area (Å²) >= 11 is 1.25. The summed E-state index contributed by atoms with van der Waals surface area (Å²) in [4.78, 5) is 26.3. The van der Waals surface area contributed by atoms with Gasteiger partial charge in [-0.2, -0.15) is 0 Å². The first-order valence-electron chi connectivity index (χ1n) is 6.91. The molecule has 4 N–H and O–H groups in total. The number of thiophene rings is 1. The lowest BCUT2D eigenvalue weighted by Crippen LogP contribution is -2.25. The van der Waals surface area contributed by atoms with E-state index in [1.807, 2.05) is 11.9 Å². The first-order chi connectivity index (χ1) is 9.83. The number of nitrogen functional groups attached to an aromatic ring is 1. The van der Waals surface area contributed by atoms with E-state index in [2.05, 4.69) is 24.5 Å². The molecule has 0 aliphatic heterocycles. The molecule has 0 spiro atoms. The number of hydrogen-bond donors (Lipinski definition) is 3. The Morgan fingerprint density at radius 1 is 1.24 bits per heavy atom. The highest BCUT2D eigenvalue weighted by atomic mass is 32.1. The zero-order valence-electron chi connectivity index (χ0n) is 13.2. The quantitative estimate of drug-likeness (QED) is 0.743. The van der Waals surface area contributed by atoms with Gasteiger partial charge in [-0.3, -0.25) is 9.59 Å². The van der Waals surface area contributed by atoms with Crippen LogP contribution in [0.25, 0.3) is 0 Å². The molecule has 0 fully saturated rings. The number of nitrogens with one attached hydrogen (secondary N) is 2. The van der Waals surface area contributed by atoms with Crippen LogP contribution in [-0.4, -0.2) is 39.5 Å². The minimum Gasteiger partial charge on any atom is -0.397 e. The minimum atomic E-state index is -0.273. The van der Waals surface area contributed by atoms with Gasteiger partial charge in [-0.15, -0.1) is 11.3 Å². The van der Waals surface area contributed by atoms with Crippen molar-refractivity contribution in [2.45, 2.75) is 20.3 Å². The van der Waals surface area contributed by atoms with Crippen molar-refractivity contribution in [2.24, 2.45) is 5.92 Å². The van der Waals surface area contributed by atoms with Crippen molar-refractivity contribution in [3.05, 3.63) is 10.4 Å². The smallest absolute Gasteiger partial charge is 0.263 e. The van der Waals surface area contributed by atoms with Gasteiger partial charge in [0.2, 0.25) is 0 Å². The van der Waals surface area contributed by atoms with Crippen LogP contribution in [0.15, 0.2) is 0 Å². The van der Waals surface area contributed by atoms with E-state index in [9.17, 15) is 9.59 Å². The maximum Gasteiger partial charge on any atom is 0.263 e. The van der Waals surface area contributed by atoms with E-state index in [0.717, 1.165) is 18.0 Å². The van der Waals surface area contributed by atoms with Gasteiger partial charge in [0.05, 0.1) is 11.3 Å². The van der Waals surface area contributed by atoms with E-state index in [1.165, 1.54) is 11.3 Å². The third kappa shape index (κ3) is 3.87. The molecule has 0 unspecified atom stereocenters. The Morgan fingerprint density at radius 3 is 2.29 bits per heavy atom. The Bertz CT molecular complexity index is 525. The molecule has 2 amide bonds. The van der Waals surface area contributed by atoms with Gasteiger partial charge in [0.1, 0.15) is 9.88 Å². The van der Waals surface area contributed by atoms with Crippen LogP contribution in [0.1, 0.15) is 40.3 Å². The van der Waals surface area contributed by atoms with Crippen LogP contribution in [0, 0.1) is 5.92 Å². The van der Waals surface area contributed by atoms with Gasteiger partial charge in [-0.1, -0.05) is 13.8 Å². The second-order valence-electron chi connectivity index (χ2n) is 5.29. The van der Waals surface area contributed by atoms with Crippen LogP contribution < -0.4 is 21.3 Å². The van der Waals surface area contributed by atoms with E-state index in [4.69, 9.17) is 5.73 Å². The van der Waals surface area contributed by atoms with Crippen LogP contribution in [-0.2, 0) is 0 Å². The summed E-state index contributed by atoms with van der Waals surface area (Å²) < 4.78 is 0. The average Bonchev–Trinajstić information content (AvgIpc) is 2.80. The highest BCUT2D eigenvalue weighted by Gasteiger charge is 2.26. The highest BCUT2D eigenvalue weighted by molar-refractivity contribution is 7.19. The van der Waals surface area contributed by atoms with E-state index in [1.54, 1.807) is 14.1 Å². The van der Waals surface area contributed by atoms with Crippen molar-refractivity contribution in [3.8, 4) is 0 Å². The van der Waals surface area contributed by atoms with Gasteiger partial charge in [0, 0.05) is 27.7 Å². The fourth-order valence-corrected chi connectivity index (χ4v) is 3.03. The molecule has 0 radical (unpaired) electrons. The van der Waals surface area contributed by atoms with Crippen molar-refractivity contribution in [3.63, 3.8) is 0 Å². The van der Waals surface area contributed by atoms with Crippen LogP contribution in [0.3, 0.4) is 0 Å². The molecular weight excluding hydrogens is 288 g/mol. The zero-order chi connectivity index (χ0) is 16.2. The largest absolute Gasteiger partial charge is 0.397 e. The second-order valence-corrected chi connectivity index (χ2v) is 6.29. The van der Waals surface area contributed by atoms with Gasteiger partial charge >= 0.3 is 0 Å². The summed E-state index contributed by atoms with van der Waals surface area (Å²) in [5, 5.41) is 5.86. The third-order valence-electron chi connectivity index (χ3n) is 3.20. The summed E-state index contributed by atoms with van der Waals surface area (Å²) in [5.74, 6) is 0.0167. The molecule has 0 saturated heterocycles. The molecule has 6 nitrogen and oxygen atoms in total. The van der Waals surface area contributed by atoms with Crippen molar-refractivity contribution < 1.29 is 9.59 Å². The lowest BCUT2D eigenvalue weighted by Gasteiger charge is -2.20. The number of anilines is 2.